The first-order valence-electron chi connectivity index (χ1n) is 11.2. The number of hydrogen-bond acceptors (Lipinski definition) is 7. The zero-order chi connectivity index (χ0) is 26.3. The number of nitrogens with one attached hydrogen (secondary N) is 1. The van der Waals surface area contributed by atoms with Gasteiger partial charge in [0.1, 0.15) is 23.5 Å². The first-order valence-corrected chi connectivity index (χ1v) is 11.2. The normalized spacial score (nSPS) is 12.6. The fourth-order valence-corrected chi connectivity index (χ4v) is 4.13. The van der Waals surface area contributed by atoms with Crippen molar-refractivity contribution in [1.29, 1.82) is 0 Å². The van der Waals surface area contributed by atoms with E-state index in [4.69, 9.17) is 5.73 Å². The van der Waals surface area contributed by atoms with Crippen LogP contribution in [0.25, 0.3) is 22.3 Å². The van der Waals surface area contributed by atoms with E-state index in [2.05, 4.69) is 25.4 Å². The van der Waals surface area contributed by atoms with Gasteiger partial charge < -0.3 is 11.1 Å². The summed E-state index contributed by atoms with van der Waals surface area (Å²) in [5.74, 6) is 0.485. The maximum atomic E-state index is 13.6. The third-order valence-electron chi connectivity index (χ3n) is 5.90. The molecule has 0 radical (unpaired) electrons. The Morgan fingerprint density at radius 1 is 1.08 bits per heavy atom. The van der Waals surface area contributed by atoms with Gasteiger partial charge in [-0.1, -0.05) is 18.2 Å². The quantitative estimate of drug-likeness (QED) is 0.363. The molecule has 0 saturated carbocycles. The molecule has 4 heterocycles. The maximum absolute atomic E-state index is 13.6. The molecule has 0 saturated heterocycles. The summed E-state index contributed by atoms with van der Waals surface area (Å²) in [4.78, 5) is 25.5. The average Bonchev–Trinajstić information content (AvgIpc) is 3.25. The molecule has 0 aliphatic heterocycles. The van der Waals surface area contributed by atoms with Crippen molar-refractivity contribution in [3.63, 3.8) is 0 Å². The van der Waals surface area contributed by atoms with Gasteiger partial charge in [0.25, 0.3) is 5.56 Å². The molecular formula is C25H21F3N8O. The number of aromatic nitrogens is 6. The summed E-state index contributed by atoms with van der Waals surface area (Å²) in [7, 11) is 0. The van der Waals surface area contributed by atoms with Crippen LogP contribution in [0.1, 0.15) is 29.9 Å². The fraction of sp³-hybridized carbons (Fsp3) is 0.160. The van der Waals surface area contributed by atoms with Crippen LogP contribution >= 0.6 is 0 Å². The number of nitrogens with two attached hydrogens (primary N) is 1. The molecule has 1 aromatic carbocycles. The largest absolute Gasteiger partial charge is 0.417 e. The van der Waals surface area contributed by atoms with Crippen molar-refractivity contribution in [2.24, 2.45) is 0 Å². The van der Waals surface area contributed by atoms with Crippen LogP contribution in [0, 0.1) is 6.92 Å². The number of para-hydroxylation sites is 1. The van der Waals surface area contributed by atoms with Crippen LogP contribution < -0.4 is 16.6 Å². The molecule has 4 aromatic heterocycles. The molecule has 12 heteroatoms. The minimum Gasteiger partial charge on any atom is -0.383 e. The molecule has 0 amide bonds. The van der Waals surface area contributed by atoms with Gasteiger partial charge in [-0.05, 0) is 43.7 Å². The molecule has 3 N–H and O–H groups in total. The Labute approximate surface area is 208 Å². The first kappa shape index (κ1) is 24.0. The Kier molecular flexibility index (Phi) is 5.86. The number of benzene rings is 1. The van der Waals surface area contributed by atoms with E-state index in [0.717, 1.165) is 17.8 Å². The molecule has 1 unspecified atom stereocenters. The van der Waals surface area contributed by atoms with Crippen LogP contribution in [0.5, 0.6) is 0 Å². The number of nitrogen functional groups attached to an aromatic ring is 1. The number of halogens is 3. The topological polar surface area (TPSA) is 116 Å². The SMILES string of the molecule is Cc1ccn2nc(C(C)Nc3ncnc(N)c3-c3cncc(C(F)(F)F)c3)n(-c3ccccc3)c(=O)c12. The summed E-state index contributed by atoms with van der Waals surface area (Å²) in [6.07, 6.45) is 0.294. The lowest BCUT2D eigenvalue weighted by Gasteiger charge is -2.21. The number of anilines is 2. The van der Waals surface area contributed by atoms with E-state index in [9.17, 15) is 18.0 Å². The van der Waals surface area contributed by atoms with Crippen molar-refractivity contribution >= 4 is 17.2 Å². The lowest BCUT2D eigenvalue weighted by Crippen LogP contribution is -2.29. The third kappa shape index (κ3) is 4.37. The molecule has 0 aliphatic rings. The van der Waals surface area contributed by atoms with Crippen molar-refractivity contribution in [3.8, 4) is 16.8 Å². The Bertz CT molecular complexity index is 1660. The number of hydrogen-bond donors (Lipinski definition) is 2. The molecule has 1 atom stereocenters. The van der Waals surface area contributed by atoms with E-state index in [0.29, 0.717) is 17.0 Å². The summed E-state index contributed by atoms with van der Waals surface area (Å²) < 4.78 is 43.0. The van der Waals surface area contributed by atoms with Gasteiger partial charge in [-0.3, -0.25) is 14.3 Å². The van der Waals surface area contributed by atoms with Gasteiger partial charge in [-0.15, -0.1) is 0 Å². The second-order valence-corrected chi connectivity index (χ2v) is 8.43. The highest BCUT2D eigenvalue weighted by Crippen LogP contribution is 2.36. The fourth-order valence-electron chi connectivity index (χ4n) is 4.13. The number of rotatable bonds is 5. The smallest absolute Gasteiger partial charge is 0.383 e. The molecule has 188 valence electrons. The van der Waals surface area contributed by atoms with Crippen molar-refractivity contribution in [3.05, 3.63) is 94.7 Å². The number of nitrogens with zero attached hydrogens (tertiary/aromatic N) is 6. The zero-order valence-electron chi connectivity index (χ0n) is 19.7. The van der Waals surface area contributed by atoms with E-state index in [-0.39, 0.29) is 28.3 Å². The number of alkyl halides is 3. The number of aryl methyl sites for hydroxylation is 1. The second kappa shape index (κ2) is 9.04. The van der Waals surface area contributed by atoms with Gasteiger partial charge in [-0.2, -0.15) is 18.3 Å². The molecular weight excluding hydrogens is 485 g/mol. The van der Waals surface area contributed by atoms with Crippen LogP contribution in [0.3, 0.4) is 0 Å². The van der Waals surface area contributed by atoms with Gasteiger partial charge >= 0.3 is 6.18 Å². The standard InChI is InChI=1S/C25H21F3N8O/c1-14-8-9-35-20(14)24(37)36(18-6-4-3-5-7-18)23(34-35)15(2)33-22-19(21(29)31-13-32-22)16-10-17(12-30-11-16)25(26,27)28/h3-13,15H,1-2H3,(H3,29,31,32,33). The van der Waals surface area contributed by atoms with Crippen molar-refractivity contribution in [2.45, 2.75) is 26.1 Å². The lowest BCUT2D eigenvalue weighted by atomic mass is 10.1. The minimum absolute atomic E-state index is 0.0317. The predicted octanol–water partition coefficient (Wildman–Crippen LogP) is 4.42. The van der Waals surface area contributed by atoms with Crippen LogP contribution in [-0.2, 0) is 6.18 Å². The van der Waals surface area contributed by atoms with Gasteiger partial charge in [0.2, 0.25) is 0 Å². The summed E-state index contributed by atoms with van der Waals surface area (Å²) in [5, 5.41) is 7.84. The van der Waals surface area contributed by atoms with E-state index in [1.54, 1.807) is 31.3 Å². The Morgan fingerprint density at radius 3 is 2.57 bits per heavy atom. The average molecular weight is 506 g/mol. The van der Waals surface area contributed by atoms with Crippen molar-refractivity contribution in [1.82, 2.24) is 29.1 Å². The third-order valence-corrected chi connectivity index (χ3v) is 5.90. The highest BCUT2D eigenvalue weighted by molar-refractivity contribution is 5.83. The van der Waals surface area contributed by atoms with E-state index < -0.39 is 17.8 Å². The Hall–Kier alpha value is -4.74. The van der Waals surface area contributed by atoms with Gasteiger partial charge in [0.15, 0.2) is 5.82 Å². The van der Waals surface area contributed by atoms with E-state index >= 15 is 0 Å². The molecule has 5 rings (SSSR count). The molecule has 5 aromatic rings. The Morgan fingerprint density at radius 2 is 1.84 bits per heavy atom. The second-order valence-electron chi connectivity index (χ2n) is 8.43. The maximum Gasteiger partial charge on any atom is 0.417 e. The van der Waals surface area contributed by atoms with Gasteiger partial charge in [0.05, 0.1) is 22.9 Å². The lowest BCUT2D eigenvalue weighted by molar-refractivity contribution is -0.137. The van der Waals surface area contributed by atoms with Crippen molar-refractivity contribution < 1.29 is 13.2 Å². The molecule has 0 aliphatic carbocycles. The predicted molar refractivity (Wildman–Crippen MR) is 132 cm³/mol. The summed E-state index contributed by atoms with van der Waals surface area (Å²) in [6.45, 7) is 3.59. The van der Waals surface area contributed by atoms with Gasteiger partial charge in [-0.25, -0.2) is 14.5 Å². The monoisotopic (exact) mass is 506 g/mol. The van der Waals surface area contributed by atoms with Crippen LogP contribution in [0.4, 0.5) is 24.8 Å². The van der Waals surface area contributed by atoms with Crippen LogP contribution in [0.15, 0.2) is 72.2 Å². The highest BCUT2D eigenvalue weighted by atomic mass is 19.4. The van der Waals surface area contributed by atoms with Gasteiger partial charge in [0, 0.05) is 24.2 Å². The van der Waals surface area contributed by atoms with E-state index in [1.807, 2.05) is 25.1 Å². The molecule has 37 heavy (non-hydrogen) atoms. The summed E-state index contributed by atoms with van der Waals surface area (Å²) >= 11 is 0. The van der Waals surface area contributed by atoms with Crippen molar-refractivity contribution in [2.75, 3.05) is 11.1 Å². The zero-order valence-corrected chi connectivity index (χ0v) is 19.7. The molecule has 9 nitrogen and oxygen atoms in total. The number of pyridine rings is 1. The van der Waals surface area contributed by atoms with Crippen LogP contribution in [0.2, 0.25) is 0 Å². The summed E-state index contributed by atoms with van der Waals surface area (Å²) in [5.41, 5.74) is 6.93. The van der Waals surface area contributed by atoms with E-state index in [1.165, 1.54) is 21.6 Å². The number of fused-ring (bicyclic) bond motifs is 1. The molecule has 0 fully saturated rings. The Balaban J connectivity index is 1.64. The summed E-state index contributed by atoms with van der Waals surface area (Å²) in [6, 6.07) is 11.1. The highest BCUT2D eigenvalue weighted by Gasteiger charge is 2.32. The molecule has 0 bridgehead atoms. The molecule has 0 spiro atoms. The first-order chi connectivity index (χ1) is 17.6. The van der Waals surface area contributed by atoms with Crippen LogP contribution in [-0.4, -0.2) is 29.1 Å². The minimum atomic E-state index is -4.59.